The molecule has 0 radical (unpaired) electrons. The lowest BCUT2D eigenvalue weighted by Gasteiger charge is -2.50. The molecule has 0 N–H and O–H groups in total. The van der Waals surface area contributed by atoms with Crippen LogP contribution in [0.5, 0.6) is 0 Å². The molecule has 3 aliphatic rings. The Morgan fingerprint density at radius 3 is 2.75 bits per heavy atom. The van der Waals surface area contributed by atoms with Crippen LogP contribution in [0.15, 0.2) is 36.5 Å². The lowest BCUT2D eigenvalue weighted by molar-refractivity contribution is -0.0332. The fourth-order valence-electron chi connectivity index (χ4n) is 4.51. The van der Waals surface area contributed by atoms with Gasteiger partial charge in [-0.25, -0.2) is 4.39 Å². The third-order valence-electron chi connectivity index (χ3n) is 5.78. The van der Waals surface area contributed by atoms with Crippen LogP contribution in [-0.4, -0.2) is 29.0 Å². The van der Waals surface area contributed by atoms with Crippen molar-refractivity contribution in [1.82, 2.24) is 9.88 Å². The smallest absolute Gasteiger partial charge is 0.141 e. The Labute approximate surface area is 155 Å². The molecule has 1 unspecified atom stereocenters. The molecule has 5 rings (SSSR count). The summed E-state index contributed by atoms with van der Waals surface area (Å²) < 4.78 is 15.4. The third kappa shape index (κ3) is 3.26. The Bertz CT molecular complexity index is 676. The Balaban J connectivity index is 0.00000104. The number of halogens is 3. The van der Waals surface area contributed by atoms with Crippen molar-refractivity contribution in [1.29, 1.82) is 0 Å². The van der Waals surface area contributed by atoms with Crippen LogP contribution in [0.1, 0.15) is 37.9 Å². The number of alkyl halides is 1. The van der Waals surface area contributed by atoms with E-state index in [1.165, 1.54) is 12.8 Å². The molecule has 2 bridgehead atoms. The summed E-state index contributed by atoms with van der Waals surface area (Å²) in [4.78, 5) is 6.76. The fraction of sp³-hybridized carbons (Fsp3) is 0.526. The maximum atomic E-state index is 15.4. The zero-order valence-corrected chi connectivity index (χ0v) is 15.5. The van der Waals surface area contributed by atoms with E-state index in [2.05, 4.69) is 16.8 Å². The zero-order valence-electron chi connectivity index (χ0n) is 13.9. The fourth-order valence-corrected chi connectivity index (χ4v) is 4.51. The van der Waals surface area contributed by atoms with Crippen molar-refractivity contribution in [3.63, 3.8) is 0 Å². The summed E-state index contributed by atoms with van der Waals surface area (Å²) in [5.41, 5.74) is 1.71. The molecule has 0 spiro atoms. The van der Waals surface area contributed by atoms with Crippen LogP contribution in [0.3, 0.4) is 0 Å². The maximum absolute atomic E-state index is 15.4. The van der Waals surface area contributed by atoms with Crippen molar-refractivity contribution in [3.8, 4) is 0 Å². The van der Waals surface area contributed by atoms with Crippen molar-refractivity contribution in [2.45, 2.75) is 38.4 Å². The molecule has 24 heavy (non-hydrogen) atoms. The summed E-state index contributed by atoms with van der Waals surface area (Å²) in [6.45, 7) is 4.41. The van der Waals surface area contributed by atoms with Crippen molar-refractivity contribution in [3.05, 3.63) is 42.1 Å². The van der Waals surface area contributed by atoms with E-state index < -0.39 is 6.17 Å². The molecular formula is C19H25Cl2FN2. The van der Waals surface area contributed by atoms with E-state index in [1.807, 2.05) is 30.3 Å². The number of pyridine rings is 1. The Morgan fingerprint density at radius 1 is 1.25 bits per heavy atom. The van der Waals surface area contributed by atoms with Crippen LogP contribution in [0.4, 0.5) is 4.39 Å². The first-order valence-electron chi connectivity index (χ1n) is 8.49. The van der Waals surface area contributed by atoms with Crippen LogP contribution in [0.25, 0.3) is 10.9 Å². The van der Waals surface area contributed by atoms with E-state index in [-0.39, 0.29) is 30.9 Å². The van der Waals surface area contributed by atoms with E-state index in [9.17, 15) is 0 Å². The Morgan fingerprint density at radius 2 is 2.04 bits per heavy atom. The minimum absolute atomic E-state index is 0. The second-order valence-electron chi connectivity index (χ2n) is 6.83. The second-order valence-corrected chi connectivity index (χ2v) is 6.83. The number of aromatic nitrogens is 1. The molecule has 1 aromatic carbocycles. The summed E-state index contributed by atoms with van der Waals surface area (Å²) in [6.07, 6.45) is 4.32. The lowest BCUT2D eigenvalue weighted by Crippen LogP contribution is -2.54. The molecule has 0 amide bonds. The van der Waals surface area contributed by atoms with Crippen molar-refractivity contribution >= 4 is 35.7 Å². The summed E-state index contributed by atoms with van der Waals surface area (Å²) in [6, 6.07) is 9.81. The summed E-state index contributed by atoms with van der Waals surface area (Å²) in [5, 5.41) is 0.965. The van der Waals surface area contributed by atoms with Gasteiger partial charge in [-0.3, -0.25) is 9.88 Å². The van der Waals surface area contributed by atoms with E-state index in [1.54, 1.807) is 6.20 Å². The number of benzene rings is 1. The molecular weight excluding hydrogens is 346 g/mol. The topological polar surface area (TPSA) is 16.1 Å². The van der Waals surface area contributed by atoms with Gasteiger partial charge in [-0.2, -0.15) is 0 Å². The van der Waals surface area contributed by atoms with Gasteiger partial charge < -0.3 is 0 Å². The van der Waals surface area contributed by atoms with Gasteiger partial charge in [0.1, 0.15) is 6.17 Å². The number of para-hydroxylation sites is 1. The molecule has 1 aromatic heterocycles. The van der Waals surface area contributed by atoms with E-state index in [4.69, 9.17) is 0 Å². The van der Waals surface area contributed by atoms with E-state index >= 15 is 4.39 Å². The predicted molar refractivity (Wildman–Crippen MR) is 102 cm³/mol. The van der Waals surface area contributed by atoms with Crippen LogP contribution in [0.2, 0.25) is 0 Å². The monoisotopic (exact) mass is 370 g/mol. The second kappa shape index (κ2) is 7.99. The van der Waals surface area contributed by atoms with Crippen LogP contribution in [-0.2, 0) is 0 Å². The van der Waals surface area contributed by atoms with Gasteiger partial charge in [-0.1, -0.05) is 31.5 Å². The number of piperidine rings is 3. The van der Waals surface area contributed by atoms with Crippen molar-refractivity contribution in [2.24, 2.45) is 11.8 Å². The molecule has 2 aromatic rings. The van der Waals surface area contributed by atoms with Crippen LogP contribution < -0.4 is 0 Å². The normalized spacial score (nSPS) is 29.6. The SMILES string of the molecule is CC[C@H]1CN2CC[C@H]1C[C@@H]2[C@@H](F)c1ccnc2ccccc12.Cl.Cl. The predicted octanol–water partition coefficient (Wildman–Crippen LogP) is 5.21. The number of fused-ring (bicyclic) bond motifs is 4. The minimum atomic E-state index is -0.909. The van der Waals surface area contributed by atoms with Crippen molar-refractivity contribution < 1.29 is 4.39 Å². The standard InChI is InChI=1S/C19H23FN2.2ClH/c1-2-13-12-22-10-8-14(13)11-18(22)19(20)16-7-9-21-17-6-4-3-5-15(16)17;;/h3-7,9,13-14,18-19H,2,8,10-12H2,1H3;2*1H/t13-,14-,18+,19-;;/m0../s1. The average molecular weight is 371 g/mol. The van der Waals surface area contributed by atoms with Gasteiger partial charge in [-0.15, -0.1) is 24.8 Å². The quantitative estimate of drug-likeness (QED) is 0.736. The first kappa shape index (κ1) is 19.4. The van der Waals surface area contributed by atoms with E-state index in [0.29, 0.717) is 5.92 Å². The summed E-state index contributed by atoms with van der Waals surface area (Å²) in [7, 11) is 0. The molecule has 2 nitrogen and oxygen atoms in total. The average Bonchev–Trinajstić information content (AvgIpc) is 2.60. The number of hydrogen-bond donors (Lipinski definition) is 0. The number of rotatable bonds is 3. The molecule has 3 saturated heterocycles. The van der Waals surface area contributed by atoms with Gasteiger partial charge in [0.15, 0.2) is 0 Å². The minimum Gasteiger partial charge on any atom is -0.297 e. The molecule has 4 heterocycles. The first-order valence-corrected chi connectivity index (χ1v) is 8.49. The Kier molecular flexibility index (Phi) is 6.46. The highest BCUT2D eigenvalue weighted by Gasteiger charge is 2.43. The van der Waals surface area contributed by atoms with Gasteiger partial charge in [0, 0.05) is 24.2 Å². The van der Waals surface area contributed by atoms with E-state index in [0.717, 1.165) is 41.9 Å². The maximum Gasteiger partial charge on any atom is 0.141 e. The van der Waals surface area contributed by atoms with Gasteiger partial charge in [0.25, 0.3) is 0 Å². The molecule has 3 fully saturated rings. The highest BCUT2D eigenvalue weighted by Crippen LogP contribution is 2.43. The van der Waals surface area contributed by atoms with Gasteiger partial charge in [-0.05, 0) is 48.9 Å². The first-order chi connectivity index (χ1) is 10.8. The van der Waals surface area contributed by atoms with Gasteiger partial charge >= 0.3 is 0 Å². The molecule has 132 valence electrons. The summed E-state index contributed by atoms with van der Waals surface area (Å²) in [5.74, 6) is 1.48. The molecule has 5 heteroatoms. The zero-order chi connectivity index (χ0) is 15.1. The Hall–Kier alpha value is -0.900. The largest absolute Gasteiger partial charge is 0.297 e. The molecule has 5 atom stereocenters. The van der Waals surface area contributed by atoms with Crippen LogP contribution >= 0.6 is 24.8 Å². The highest BCUT2D eigenvalue weighted by atomic mass is 35.5. The number of nitrogens with zero attached hydrogens (tertiary/aromatic N) is 2. The van der Waals surface area contributed by atoms with Crippen molar-refractivity contribution in [2.75, 3.05) is 13.1 Å². The molecule has 0 aliphatic carbocycles. The molecule has 3 aliphatic heterocycles. The van der Waals surface area contributed by atoms with Crippen LogP contribution in [0, 0.1) is 11.8 Å². The lowest BCUT2D eigenvalue weighted by atomic mass is 9.73. The third-order valence-corrected chi connectivity index (χ3v) is 5.78. The van der Waals surface area contributed by atoms with Gasteiger partial charge in [0.05, 0.1) is 5.52 Å². The van der Waals surface area contributed by atoms with Gasteiger partial charge in [0.2, 0.25) is 0 Å². The highest BCUT2D eigenvalue weighted by molar-refractivity contribution is 5.85. The number of hydrogen-bond acceptors (Lipinski definition) is 2. The molecule has 0 saturated carbocycles. The summed E-state index contributed by atoms with van der Waals surface area (Å²) >= 11 is 0.